The molecule has 0 spiro atoms. The van der Waals surface area contributed by atoms with Gasteiger partial charge >= 0.3 is 11.7 Å². The fraction of sp³-hybridized carbons (Fsp3) is 0.0909. The molecule has 0 fully saturated rings. The van der Waals surface area contributed by atoms with Gasteiger partial charge in [0.15, 0.2) is 12.4 Å². The maximum Gasteiger partial charge on any atom is 0.349 e. The summed E-state index contributed by atoms with van der Waals surface area (Å²) in [4.78, 5) is 34.7. The third-order valence-electron chi connectivity index (χ3n) is 4.10. The predicted molar refractivity (Wildman–Crippen MR) is 112 cm³/mol. The van der Waals surface area contributed by atoms with Gasteiger partial charge in [0, 0.05) is 17.3 Å². The molecular weight excluding hydrogens is 404 g/mol. The Kier molecular flexibility index (Phi) is 6.79. The van der Waals surface area contributed by atoms with Crippen LogP contribution in [0.4, 0.5) is 11.4 Å². The van der Waals surface area contributed by atoms with E-state index >= 15 is 0 Å². The maximum atomic E-state index is 12.3. The first-order chi connectivity index (χ1) is 15.0. The number of methoxy groups -OCH3 is 1. The number of hydrogen-bond donors (Lipinski definition) is 1. The molecule has 0 saturated carbocycles. The van der Waals surface area contributed by atoms with Crippen LogP contribution in [0.2, 0.25) is 0 Å². The fourth-order valence-electron chi connectivity index (χ4n) is 2.58. The van der Waals surface area contributed by atoms with Crippen molar-refractivity contribution in [1.82, 2.24) is 0 Å². The van der Waals surface area contributed by atoms with Crippen LogP contribution in [0.25, 0.3) is 0 Å². The van der Waals surface area contributed by atoms with Crippen LogP contribution in [0.15, 0.2) is 72.8 Å². The number of carbonyl (C=O) groups is 2. The highest BCUT2D eigenvalue weighted by Crippen LogP contribution is 2.25. The second-order valence-corrected chi connectivity index (χ2v) is 6.19. The molecule has 0 heterocycles. The Bertz CT molecular complexity index is 1080. The lowest BCUT2D eigenvalue weighted by atomic mass is 10.2. The Labute approximate surface area is 177 Å². The summed E-state index contributed by atoms with van der Waals surface area (Å²) < 4.78 is 15.4. The first-order valence-corrected chi connectivity index (χ1v) is 9.08. The van der Waals surface area contributed by atoms with Gasteiger partial charge in [0.2, 0.25) is 0 Å². The lowest BCUT2D eigenvalue weighted by Gasteiger charge is -2.08. The van der Waals surface area contributed by atoms with Crippen molar-refractivity contribution in [3.8, 4) is 17.2 Å². The van der Waals surface area contributed by atoms with E-state index in [1.54, 1.807) is 37.4 Å². The third kappa shape index (κ3) is 5.80. The number of ether oxygens (including phenoxy) is 3. The number of carbonyl (C=O) groups excluding carboxylic acids is 2. The van der Waals surface area contributed by atoms with Crippen LogP contribution in [0.3, 0.4) is 0 Å². The zero-order valence-electron chi connectivity index (χ0n) is 16.4. The number of nitro groups is 1. The molecule has 0 unspecified atom stereocenters. The molecule has 0 aromatic heterocycles. The molecule has 0 bridgehead atoms. The minimum atomic E-state index is -0.742. The van der Waals surface area contributed by atoms with Gasteiger partial charge in [-0.25, -0.2) is 4.79 Å². The van der Waals surface area contributed by atoms with E-state index in [0.29, 0.717) is 17.0 Å². The first kappa shape index (κ1) is 21.3. The van der Waals surface area contributed by atoms with Gasteiger partial charge in [-0.05, 0) is 54.6 Å². The average Bonchev–Trinajstić information content (AvgIpc) is 2.78. The quantitative estimate of drug-likeness (QED) is 0.254. The van der Waals surface area contributed by atoms with E-state index in [1.807, 2.05) is 0 Å². The molecule has 31 heavy (non-hydrogen) atoms. The molecule has 9 nitrogen and oxygen atoms in total. The summed E-state index contributed by atoms with van der Waals surface area (Å²) in [5.41, 5.74) is 0.725. The van der Waals surface area contributed by atoms with Gasteiger partial charge in [-0.2, -0.15) is 0 Å². The number of hydrogen-bond acceptors (Lipinski definition) is 7. The first-order valence-electron chi connectivity index (χ1n) is 9.08. The summed E-state index contributed by atoms with van der Waals surface area (Å²) in [7, 11) is 1.56. The molecule has 0 atom stereocenters. The number of nitro benzene ring substituents is 1. The molecule has 0 saturated heterocycles. The van der Waals surface area contributed by atoms with Crippen molar-refractivity contribution in [1.29, 1.82) is 0 Å². The predicted octanol–water partition coefficient (Wildman–Crippen LogP) is 3.84. The summed E-state index contributed by atoms with van der Waals surface area (Å²) in [6.45, 7) is -0.509. The highest BCUT2D eigenvalue weighted by molar-refractivity contribution is 6.04. The Morgan fingerprint density at radius 2 is 1.58 bits per heavy atom. The van der Waals surface area contributed by atoms with Crippen LogP contribution < -0.4 is 19.5 Å². The average molecular weight is 422 g/mol. The number of esters is 1. The van der Waals surface area contributed by atoms with Crippen LogP contribution in [0.1, 0.15) is 10.4 Å². The fourth-order valence-corrected chi connectivity index (χ4v) is 2.58. The number of nitrogens with one attached hydrogen (secondary N) is 1. The van der Waals surface area contributed by atoms with E-state index in [9.17, 15) is 19.7 Å². The lowest BCUT2D eigenvalue weighted by Crippen LogP contribution is -2.18. The molecule has 1 N–H and O–H groups in total. The minimum absolute atomic E-state index is 0.0324. The normalized spacial score (nSPS) is 10.1. The molecular formula is C22H18N2O7. The number of rotatable bonds is 8. The van der Waals surface area contributed by atoms with Crippen molar-refractivity contribution in [2.45, 2.75) is 0 Å². The molecule has 3 aromatic rings. The van der Waals surface area contributed by atoms with Gasteiger partial charge in [0.1, 0.15) is 11.5 Å². The SMILES string of the molecule is COc1ccc(NC(=O)c2ccc(OC(=O)COc3ccccc3[N+](=O)[O-])cc2)cc1. The second-order valence-electron chi connectivity index (χ2n) is 6.19. The van der Waals surface area contributed by atoms with Crippen molar-refractivity contribution in [2.75, 3.05) is 19.0 Å². The molecule has 1 amide bonds. The van der Waals surface area contributed by atoms with Crippen molar-refractivity contribution in [3.05, 3.63) is 88.5 Å². The summed E-state index contributed by atoms with van der Waals surface area (Å²) in [6.07, 6.45) is 0. The van der Waals surface area contributed by atoms with Crippen molar-refractivity contribution in [2.24, 2.45) is 0 Å². The molecule has 3 aromatic carbocycles. The van der Waals surface area contributed by atoms with Crippen LogP contribution in [0, 0.1) is 10.1 Å². The van der Waals surface area contributed by atoms with Gasteiger partial charge in [0.05, 0.1) is 12.0 Å². The monoisotopic (exact) mass is 422 g/mol. The summed E-state index contributed by atoms with van der Waals surface area (Å²) >= 11 is 0. The highest BCUT2D eigenvalue weighted by atomic mass is 16.6. The molecule has 0 aliphatic carbocycles. The topological polar surface area (TPSA) is 117 Å². The Morgan fingerprint density at radius 3 is 2.23 bits per heavy atom. The van der Waals surface area contributed by atoms with Crippen LogP contribution in [-0.2, 0) is 4.79 Å². The Hall–Kier alpha value is -4.40. The molecule has 0 radical (unpaired) electrons. The third-order valence-corrected chi connectivity index (χ3v) is 4.10. The Balaban J connectivity index is 1.54. The number of para-hydroxylation sites is 2. The minimum Gasteiger partial charge on any atom is -0.497 e. The second kappa shape index (κ2) is 9.88. The van der Waals surface area contributed by atoms with E-state index in [-0.39, 0.29) is 23.1 Å². The smallest absolute Gasteiger partial charge is 0.349 e. The van der Waals surface area contributed by atoms with E-state index in [4.69, 9.17) is 14.2 Å². The van der Waals surface area contributed by atoms with Crippen molar-refractivity contribution in [3.63, 3.8) is 0 Å². The zero-order valence-corrected chi connectivity index (χ0v) is 16.4. The van der Waals surface area contributed by atoms with Crippen molar-refractivity contribution < 1.29 is 28.7 Å². The van der Waals surface area contributed by atoms with Crippen LogP contribution in [0.5, 0.6) is 17.2 Å². The van der Waals surface area contributed by atoms with Gasteiger partial charge in [0.25, 0.3) is 5.91 Å². The molecule has 9 heteroatoms. The van der Waals surface area contributed by atoms with Gasteiger partial charge in [-0.15, -0.1) is 0 Å². The molecule has 0 aliphatic rings. The zero-order chi connectivity index (χ0) is 22.2. The van der Waals surface area contributed by atoms with E-state index < -0.39 is 17.5 Å². The standard InChI is InChI=1S/C22H18N2O7/c1-29-17-12-8-16(9-13-17)23-22(26)15-6-10-18(11-7-15)31-21(25)14-30-20-5-3-2-4-19(20)24(27)28/h2-13H,14H2,1H3,(H,23,26). The lowest BCUT2D eigenvalue weighted by molar-refractivity contribution is -0.385. The largest absolute Gasteiger partial charge is 0.497 e. The number of benzene rings is 3. The Morgan fingerprint density at radius 1 is 0.935 bits per heavy atom. The van der Waals surface area contributed by atoms with E-state index in [2.05, 4.69) is 5.32 Å². The number of nitrogens with zero attached hydrogens (tertiary/aromatic N) is 1. The van der Waals surface area contributed by atoms with Crippen molar-refractivity contribution >= 4 is 23.3 Å². The van der Waals surface area contributed by atoms with Gasteiger partial charge in [-0.1, -0.05) is 12.1 Å². The van der Waals surface area contributed by atoms with E-state index in [1.165, 1.54) is 42.5 Å². The number of amides is 1. The van der Waals surface area contributed by atoms with Gasteiger partial charge in [-0.3, -0.25) is 14.9 Å². The summed E-state index contributed by atoms with van der Waals surface area (Å²) in [5.74, 6) is -0.224. The van der Waals surface area contributed by atoms with Crippen LogP contribution >= 0.6 is 0 Å². The molecule has 158 valence electrons. The van der Waals surface area contributed by atoms with Crippen LogP contribution in [-0.4, -0.2) is 30.5 Å². The highest BCUT2D eigenvalue weighted by Gasteiger charge is 2.16. The van der Waals surface area contributed by atoms with E-state index in [0.717, 1.165) is 0 Å². The molecule has 3 rings (SSSR count). The summed E-state index contributed by atoms with van der Waals surface area (Å²) in [6, 6.07) is 18.5. The van der Waals surface area contributed by atoms with Gasteiger partial charge < -0.3 is 19.5 Å². The maximum absolute atomic E-state index is 12.3. The molecule has 0 aliphatic heterocycles. The summed E-state index contributed by atoms with van der Waals surface area (Å²) in [5, 5.41) is 13.7. The number of anilines is 1.